The van der Waals surface area contributed by atoms with Gasteiger partial charge in [0.15, 0.2) is 0 Å². The second-order valence-electron chi connectivity index (χ2n) is 4.97. The smallest absolute Gasteiger partial charge is 0.0595 e. The molecule has 1 nitrogen and oxygen atoms in total. The van der Waals surface area contributed by atoms with Gasteiger partial charge < -0.3 is 5.73 Å². The molecule has 0 aliphatic heterocycles. The molecule has 0 unspecified atom stereocenters. The third kappa shape index (κ3) is 2.37. The Morgan fingerprint density at radius 3 is 2.38 bits per heavy atom. The fourth-order valence-electron chi connectivity index (χ4n) is 2.37. The zero-order valence-electron chi connectivity index (χ0n) is 9.47. The molecule has 1 aliphatic carbocycles. The molecule has 0 aromatic heterocycles. The van der Waals surface area contributed by atoms with Crippen molar-refractivity contribution in [3.8, 4) is 0 Å². The number of hydrogen-bond donors (Lipinski definition) is 1. The topological polar surface area (TPSA) is 26.0 Å². The third-order valence-electron chi connectivity index (χ3n) is 3.66. The highest BCUT2D eigenvalue weighted by molar-refractivity contribution is 6.42. The Hall–Kier alpha value is -0.240. The first kappa shape index (κ1) is 12.2. The van der Waals surface area contributed by atoms with E-state index in [9.17, 15) is 0 Å². The molecule has 1 fully saturated rings. The highest BCUT2D eigenvalue weighted by Gasteiger charge is 2.32. The predicted octanol–water partition coefficient (Wildman–Crippen LogP) is 4.36. The van der Waals surface area contributed by atoms with Crippen LogP contribution in [0.4, 0.5) is 0 Å². The van der Waals surface area contributed by atoms with Crippen molar-refractivity contribution < 1.29 is 0 Å². The van der Waals surface area contributed by atoms with Gasteiger partial charge in [-0.2, -0.15) is 0 Å². The summed E-state index contributed by atoms with van der Waals surface area (Å²) in [6.07, 6.45) is 4.45. The van der Waals surface area contributed by atoms with Gasteiger partial charge in [0.2, 0.25) is 0 Å². The lowest BCUT2D eigenvalue weighted by molar-refractivity contribution is 0.248. The zero-order chi connectivity index (χ0) is 11.8. The summed E-state index contributed by atoms with van der Waals surface area (Å²) in [6, 6.07) is 5.76. The van der Waals surface area contributed by atoms with E-state index in [-0.39, 0.29) is 5.54 Å². The minimum absolute atomic E-state index is 0.208. The summed E-state index contributed by atoms with van der Waals surface area (Å²) in [7, 11) is 0. The van der Waals surface area contributed by atoms with E-state index < -0.39 is 0 Å². The Bertz CT molecular complexity index is 382. The molecular weight excluding hydrogens is 241 g/mol. The lowest BCUT2D eigenvalue weighted by atomic mass is 9.74. The van der Waals surface area contributed by atoms with Gasteiger partial charge in [-0.25, -0.2) is 0 Å². The van der Waals surface area contributed by atoms with Gasteiger partial charge in [0.05, 0.1) is 10.0 Å². The molecule has 0 saturated heterocycles. The zero-order valence-corrected chi connectivity index (χ0v) is 11.0. The first-order valence-electron chi connectivity index (χ1n) is 5.76. The van der Waals surface area contributed by atoms with Gasteiger partial charge in [0.1, 0.15) is 0 Å². The summed E-state index contributed by atoms with van der Waals surface area (Å²) in [5, 5.41) is 1.20. The molecular formula is C13H17Cl2N. The fourth-order valence-corrected chi connectivity index (χ4v) is 2.67. The number of nitrogens with two attached hydrogens (primary N) is 1. The Morgan fingerprint density at radius 2 is 1.81 bits per heavy atom. The van der Waals surface area contributed by atoms with E-state index in [0.717, 1.165) is 24.3 Å². The van der Waals surface area contributed by atoms with Gasteiger partial charge in [-0.3, -0.25) is 0 Å². The van der Waals surface area contributed by atoms with Crippen molar-refractivity contribution in [1.29, 1.82) is 0 Å². The molecule has 3 heteroatoms. The average molecular weight is 258 g/mol. The van der Waals surface area contributed by atoms with E-state index in [0.29, 0.717) is 10.0 Å². The van der Waals surface area contributed by atoms with Crippen LogP contribution in [0, 0.1) is 5.92 Å². The molecule has 2 N–H and O–H groups in total. The highest BCUT2D eigenvalue weighted by atomic mass is 35.5. The molecule has 88 valence electrons. The molecule has 0 bridgehead atoms. The minimum Gasteiger partial charge on any atom is -0.321 e. The lowest BCUT2D eigenvalue weighted by Gasteiger charge is -2.36. The second kappa shape index (κ2) is 4.56. The molecule has 1 aliphatic rings. The van der Waals surface area contributed by atoms with Gasteiger partial charge in [-0.05, 0) is 49.3 Å². The van der Waals surface area contributed by atoms with Crippen LogP contribution in [0.5, 0.6) is 0 Å². The van der Waals surface area contributed by atoms with E-state index in [1.54, 1.807) is 0 Å². The van der Waals surface area contributed by atoms with E-state index in [4.69, 9.17) is 28.9 Å². The fraction of sp³-hybridized carbons (Fsp3) is 0.538. The van der Waals surface area contributed by atoms with Crippen molar-refractivity contribution in [2.24, 2.45) is 11.7 Å². The van der Waals surface area contributed by atoms with Gasteiger partial charge in [-0.15, -0.1) is 0 Å². The van der Waals surface area contributed by atoms with E-state index in [1.807, 2.05) is 18.2 Å². The van der Waals surface area contributed by atoms with Gasteiger partial charge in [0, 0.05) is 5.54 Å². The van der Waals surface area contributed by atoms with Gasteiger partial charge in [0.25, 0.3) is 0 Å². The minimum atomic E-state index is -0.208. The first-order chi connectivity index (χ1) is 7.51. The van der Waals surface area contributed by atoms with Crippen LogP contribution in [-0.4, -0.2) is 0 Å². The Labute approximate surface area is 107 Å². The predicted molar refractivity (Wildman–Crippen MR) is 70.0 cm³/mol. The summed E-state index contributed by atoms with van der Waals surface area (Å²) in [5.74, 6) is 0.791. The molecule has 0 amide bonds. The van der Waals surface area contributed by atoms with Crippen molar-refractivity contribution in [1.82, 2.24) is 0 Å². The summed E-state index contributed by atoms with van der Waals surface area (Å²) in [5.41, 5.74) is 7.37. The number of benzene rings is 1. The van der Waals surface area contributed by atoms with Crippen molar-refractivity contribution in [3.05, 3.63) is 33.8 Å². The summed E-state index contributed by atoms with van der Waals surface area (Å²) in [6.45, 7) is 2.29. The molecule has 0 spiro atoms. The number of halogens is 2. The summed E-state index contributed by atoms with van der Waals surface area (Å²) >= 11 is 12.0. The molecule has 0 heterocycles. The second-order valence-corrected chi connectivity index (χ2v) is 5.78. The maximum absolute atomic E-state index is 6.46. The van der Waals surface area contributed by atoms with Crippen LogP contribution in [0.15, 0.2) is 18.2 Å². The van der Waals surface area contributed by atoms with Crippen LogP contribution in [0.3, 0.4) is 0 Å². The molecule has 2 rings (SSSR count). The average Bonchev–Trinajstić information content (AvgIpc) is 2.26. The van der Waals surface area contributed by atoms with Crippen molar-refractivity contribution in [3.63, 3.8) is 0 Å². The van der Waals surface area contributed by atoms with Crippen LogP contribution >= 0.6 is 23.2 Å². The maximum atomic E-state index is 6.46. The maximum Gasteiger partial charge on any atom is 0.0595 e. The van der Waals surface area contributed by atoms with Crippen LogP contribution in [0.2, 0.25) is 10.0 Å². The highest BCUT2D eigenvalue weighted by Crippen LogP contribution is 2.38. The lowest BCUT2D eigenvalue weighted by Crippen LogP contribution is -2.40. The standard InChI is InChI=1S/C13H17Cl2N/c1-9-4-6-13(16,7-5-9)10-2-3-11(14)12(15)8-10/h2-3,8-9H,4-7,16H2,1H3. The summed E-state index contributed by atoms with van der Waals surface area (Å²) < 4.78 is 0. The van der Waals surface area contributed by atoms with Gasteiger partial charge in [-0.1, -0.05) is 36.2 Å². The van der Waals surface area contributed by atoms with Crippen LogP contribution in [-0.2, 0) is 5.54 Å². The van der Waals surface area contributed by atoms with E-state index in [1.165, 1.54) is 12.8 Å². The van der Waals surface area contributed by atoms with Crippen molar-refractivity contribution in [2.45, 2.75) is 38.1 Å². The molecule has 0 radical (unpaired) electrons. The molecule has 16 heavy (non-hydrogen) atoms. The largest absolute Gasteiger partial charge is 0.321 e. The van der Waals surface area contributed by atoms with E-state index >= 15 is 0 Å². The van der Waals surface area contributed by atoms with Crippen LogP contribution < -0.4 is 5.73 Å². The van der Waals surface area contributed by atoms with Crippen LogP contribution in [0.25, 0.3) is 0 Å². The monoisotopic (exact) mass is 257 g/mol. The normalized spacial score (nSPS) is 30.4. The quantitative estimate of drug-likeness (QED) is 0.795. The number of rotatable bonds is 1. The van der Waals surface area contributed by atoms with Crippen LogP contribution in [0.1, 0.15) is 38.2 Å². The molecule has 1 aromatic carbocycles. The van der Waals surface area contributed by atoms with Crippen molar-refractivity contribution >= 4 is 23.2 Å². The van der Waals surface area contributed by atoms with Crippen molar-refractivity contribution in [2.75, 3.05) is 0 Å². The SMILES string of the molecule is CC1CCC(N)(c2ccc(Cl)c(Cl)c2)CC1. The van der Waals surface area contributed by atoms with E-state index in [2.05, 4.69) is 6.92 Å². The Balaban J connectivity index is 2.25. The molecule has 0 atom stereocenters. The third-order valence-corrected chi connectivity index (χ3v) is 4.40. The Morgan fingerprint density at radius 1 is 1.19 bits per heavy atom. The molecule has 1 aromatic rings. The number of hydrogen-bond acceptors (Lipinski definition) is 1. The Kier molecular flexibility index (Phi) is 3.48. The summed E-state index contributed by atoms with van der Waals surface area (Å²) in [4.78, 5) is 0. The first-order valence-corrected chi connectivity index (χ1v) is 6.51. The molecule has 1 saturated carbocycles. The van der Waals surface area contributed by atoms with Gasteiger partial charge >= 0.3 is 0 Å².